The molecule has 0 amide bonds. The van der Waals surface area contributed by atoms with Crippen molar-refractivity contribution in [3.8, 4) is 5.75 Å². The summed E-state index contributed by atoms with van der Waals surface area (Å²) in [5.41, 5.74) is 2.45. The lowest BCUT2D eigenvalue weighted by Gasteiger charge is -2.25. The Bertz CT molecular complexity index is 441. The average molecular weight is 277 g/mol. The Kier molecular flexibility index (Phi) is 4.41. The number of esters is 1. The number of benzene rings is 1. The van der Waals surface area contributed by atoms with Crippen LogP contribution in [0, 0.1) is 0 Å². The van der Waals surface area contributed by atoms with Crippen molar-refractivity contribution in [3.05, 3.63) is 29.8 Å². The summed E-state index contributed by atoms with van der Waals surface area (Å²) in [6, 6.07) is 6.37. The van der Waals surface area contributed by atoms with Gasteiger partial charge in [0.05, 0.1) is 7.11 Å². The highest BCUT2D eigenvalue weighted by Gasteiger charge is 2.55. The van der Waals surface area contributed by atoms with Gasteiger partial charge in [-0.2, -0.15) is 13.2 Å². The van der Waals surface area contributed by atoms with Crippen LogP contribution in [-0.4, -0.2) is 24.8 Å². The number of nitrogens with two attached hydrogens (primary N) is 1. The van der Waals surface area contributed by atoms with Gasteiger partial charge in [0.25, 0.3) is 0 Å². The third-order valence-electron chi connectivity index (χ3n) is 2.54. The van der Waals surface area contributed by atoms with Crippen molar-refractivity contribution < 1.29 is 27.4 Å². The normalized spacial score (nSPS) is 14.6. The summed E-state index contributed by atoms with van der Waals surface area (Å²) in [5.74, 6) is -0.926. The van der Waals surface area contributed by atoms with Crippen molar-refractivity contribution in [2.45, 2.75) is 25.2 Å². The van der Waals surface area contributed by atoms with E-state index in [1.54, 1.807) is 24.3 Å². The minimum Gasteiger partial charge on any atom is -0.497 e. The predicted molar refractivity (Wildman–Crippen MR) is 61.4 cm³/mol. The molecule has 0 fully saturated rings. The standard InChI is InChI=1S/C12H14F3NO3/c1-11(16,12(13,14)15)10(17)19-7-8-3-5-9(18-2)6-4-8/h3-6H,7,16H2,1-2H3. The number of rotatable bonds is 4. The molecule has 0 bridgehead atoms. The highest BCUT2D eigenvalue weighted by atomic mass is 19.4. The van der Waals surface area contributed by atoms with Crippen LogP contribution in [0.1, 0.15) is 12.5 Å². The molecule has 106 valence electrons. The first-order valence-corrected chi connectivity index (χ1v) is 5.34. The summed E-state index contributed by atoms with van der Waals surface area (Å²) in [4.78, 5) is 11.3. The summed E-state index contributed by atoms with van der Waals surface area (Å²) in [6.07, 6.45) is -4.86. The largest absolute Gasteiger partial charge is 0.497 e. The Morgan fingerprint density at radius 2 is 1.79 bits per heavy atom. The number of hydrogen-bond donors (Lipinski definition) is 1. The molecule has 1 aromatic carbocycles. The van der Waals surface area contributed by atoms with E-state index in [2.05, 4.69) is 4.74 Å². The molecule has 0 saturated heterocycles. The first-order chi connectivity index (χ1) is 8.68. The molecule has 0 aliphatic rings. The summed E-state index contributed by atoms with van der Waals surface area (Å²) in [6.45, 7) is 0.287. The third kappa shape index (κ3) is 3.60. The first kappa shape index (κ1) is 15.3. The van der Waals surface area contributed by atoms with Gasteiger partial charge >= 0.3 is 12.1 Å². The van der Waals surface area contributed by atoms with E-state index >= 15 is 0 Å². The smallest absolute Gasteiger partial charge is 0.416 e. The Morgan fingerprint density at radius 1 is 1.26 bits per heavy atom. The van der Waals surface area contributed by atoms with E-state index in [1.807, 2.05) is 0 Å². The zero-order valence-electron chi connectivity index (χ0n) is 10.5. The number of methoxy groups -OCH3 is 1. The predicted octanol–water partition coefficient (Wildman–Crippen LogP) is 2.02. The quantitative estimate of drug-likeness (QED) is 0.855. The highest BCUT2D eigenvalue weighted by Crippen LogP contribution is 2.29. The fourth-order valence-electron chi connectivity index (χ4n) is 1.14. The molecule has 7 heteroatoms. The second kappa shape index (κ2) is 5.48. The number of hydrogen-bond acceptors (Lipinski definition) is 4. The van der Waals surface area contributed by atoms with Crippen LogP contribution < -0.4 is 10.5 Å². The Labute approximate surface area is 108 Å². The van der Waals surface area contributed by atoms with Crippen molar-refractivity contribution in [1.82, 2.24) is 0 Å². The zero-order valence-corrected chi connectivity index (χ0v) is 10.5. The van der Waals surface area contributed by atoms with Gasteiger partial charge in [-0.15, -0.1) is 0 Å². The number of carbonyl (C=O) groups is 1. The van der Waals surface area contributed by atoms with E-state index in [-0.39, 0.29) is 6.61 Å². The summed E-state index contributed by atoms with van der Waals surface area (Å²) < 4.78 is 46.9. The first-order valence-electron chi connectivity index (χ1n) is 5.34. The van der Waals surface area contributed by atoms with Gasteiger partial charge in [0.15, 0.2) is 0 Å². The van der Waals surface area contributed by atoms with Gasteiger partial charge in [0.1, 0.15) is 12.4 Å². The molecule has 0 radical (unpaired) electrons. The molecule has 0 saturated carbocycles. The third-order valence-corrected chi connectivity index (χ3v) is 2.54. The van der Waals surface area contributed by atoms with Gasteiger partial charge in [0, 0.05) is 0 Å². The average Bonchev–Trinajstić information content (AvgIpc) is 2.35. The van der Waals surface area contributed by atoms with E-state index in [0.717, 1.165) is 0 Å². The van der Waals surface area contributed by atoms with Crippen LogP contribution in [0.2, 0.25) is 0 Å². The van der Waals surface area contributed by atoms with Gasteiger partial charge in [-0.1, -0.05) is 12.1 Å². The molecule has 19 heavy (non-hydrogen) atoms. The summed E-state index contributed by atoms with van der Waals surface area (Å²) in [7, 11) is 1.48. The molecular formula is C12H14F3NO3. The topological polar surface area (TPSA) is 61.5 Å². The van der Waals surface area contributed by atoms with Crippen LogP contribution >= 0.6 is 0 Å². The molecule has 1 unspecified atom stereocenters. The van der Waals surface area contributed by atoms with Gasteiger partial charge in [0.2, 0.25) is 5.54 Å². The molecule has 0 aliphatic heterocycles. The molecule has 4 nitrogen and oxygen atoms in total. The maximum Gasteiger partial charge on any atom is 0.416 e. The molecule has 1 rings (SSSR count). The molecule has 1 aromatic rings. The van der Waals surface area contributed by atoms with E-state index in [9.17, 15) is 18.0 Å². The number of alkyl halides is 3. The van der Waals surface area contributed by atoms with Gasteiger partial charge in [-0.3, -0.25) is 0 Å². The van der Waals surface area contributed by atoms with Gasteiger partial charge in [-0.25, -0.2) is 4.79 Å². The molecule has 2 N–H and O–H groups in total. The Morgan fingerprint density at radius 3 is 2.21 bits per heavy atom. The van der Waals surface area contributed by atoms with Crippen LogP contribution in [0.4, 0.5) is 13.2 Å². The molecule has 0 heterocycles. The van der Waals surface area contributed by atoms with Crippen LogP contribution in [0.25, 0.3) is 0 Å². The maximum absolute atomic E-state index is 12.5. The van der Waals surface area contributed by atoms with Crippen molar-refractivity contribution in [2.75, 3.05) is 7.11 Å². The van der Waals surface area contributed by atoms with E-state index in [4.69, 9.17) is 10.5 Å². The van der Waals surface area contributed by atoms with E-state index in [1.165, 1.54) is 7.11 Å². The molecule has 0 aromatic heterocycles. The molecule has 0 spiro atoms. The fraction of sp³-hybridized carbons (Fsp3) is 0.417. The van der Waals surface area contributed by atoms with Gasteiger partial charge < -0.3 is 15.2 Å². The summed E-state index contributed by atoms with van der Waals surface area (Å²) in [5, 5.41) is 0. The summed E-state index contributed by atoms with van der Waals surface area (Å²) >= 11 is 0. The minimum atomic E-state index is -4.86. The number of ether oxygens (including phenoxy) is 2. The lowest BCUT2D eigenvalue weighted by Crippen LogP contribution is -2.57. The second-order valence-corrected chi connectivity index (χ2v) is 4.12. The van der Waals surface area contributed by atoms with Gasteiger partial charge in [-0.05, 0) is 24.6 Å². The highest BCUT2D eigenvalue weighted by molar-refractivity contribution is 5.81. The van der Waals surface area contributed by atoms with Crippen LogP contribution in [-0.2, 0) is 16.1 Å². The molecule has 0 aliphatic carbocycles. The van der Waals surface area contributed by atoms with Crippen LogP contribution in [0.15, 0.2) is 24.3 Å². The number of halogens is 3. The monoisotopic (exact) mass is 277 g/mol. The maximum atomic E-state index is 12.5. The van der Waals surface area contributed by atoms with Crippen LogP contribution in [0.5, 0.6) is 5.75 Å². The van der Waals surface area contributed by atoms with Crippen molar-refractivity contribution in [1.29, 1.82) is 0 Å². The lowest BCUT2D eigenvalue weighted by molar-refractivity contribution is -0.202. The lowest BCUT2D eigenvalue weighted by atomic mass is 10.0. The van der Waals surface area contributed by atoms with Crippen molar-refractivity contribution in [2.24, 2.45) is 5.73 Å². The Hall–Kier alpha value is -1.76. The van der Waals surface area contributed by atoms with Crippen molar-refractivity contribution in [3.63, 3.8) is 0 Å². The SMILES string of the molecule is COc1ccc(COC(=O)C(C)(N)C(F)(F)F)cc1. The molecule has 1 atom stereocenters. The minimum absolute atomic E-state index is 0.286. The van der Waals surface area contributed by atoms with Crippen LogP contribution in [0.3, 0.4) is 0 Å². The fourth-order valence-corrected chi connectivity index (χ4v) is 1.14. The van der Waals surface area contributed by atoms with Crippen molar-refractivity contribution >= 4 is 5.97 Å². The molecular weight excluding hydrogens is 263 g/mol. The zero-order chi connectivity index (χ0) is 14.7. The second-order valence-electron chi connectivity index (χ2n) is 4.12. The van der Waals surface area contributed by atoms with E-state index in [0.29, 0.717) is 18.2 Å². The van der Waals surface area contributed by atoms with E-state index < -0.39 is 17.7 Å². The number of carbonyl (C=O) groups excluding carboxylic acids is 1. The Balaban J connectivity index is 2.63.